The molecule has 0 aliphatic carbocycles. The molecule has 7 nitrogen and oxygen atoms in total. The quantitative estimate of drug-likeness (QED) is 0.590. The van der Waals surface area contributed by atoms with Crippen LogP contribution in [-0.2, 0) is 0 Å². The Morgan fingerprint density at radius 1 is 1.08 bits per heavy atom. The van der Waals surface area contributed by atoms with Crippen LogP contribution in [0.5, 0.6) is 0 Å². The van der Waals surface area contributed by atoms with E-state index in [2.05, 4.69) is 36.7 Å². The summed E-state index contributed by atoms with van der Waals surface area (Å²) in [6.07, 6.45) is 3.13. The number of nitrogens with zero attached hydrogens (tertiary/aromatic N) is 5. The van der Waals surface area contributed by atoms with Gasteiger partial charge >= 0.3 is 0 Å². The normalized spacial score (nSPS) is 10.9. The molecule has 0 saturated heterocycles. The summed E-state index contributed by atoms with van der Waals surface area (Å²) in [6, 6.07) is 15.1. The van der Waals surface area contributed by atoms with E-state index in [-0.39, 0.29) is 11.6 Å². The van der Waals surface area contributed by atoms with Gasteiger partial charge in [-0.3, -0.25) is 10.2 Å². The van der Waals surface area contributed by atoms with Crippen LogP contribution >= 0.6 is 15.9 Å². The Labute approximate surface area is 145 Å². The fourth-order valence-electron chi connectivity index (χ4n) is 2.34. The van der Waals surface area contributed by atoms with Crippen molar-refractivity contribution in [2.45, 2.75) is 0 Å². The van der Waals surface area contributed by atoms with E-state index in [4.69, 9.17) is 0 Å². The Kier molecular flexibility index (Phi) is 3.58. The molecule has 118 valence electrons. The molecule has 2 aromatic heterocycles. The van der Waals surface area contributed by atoms with Crippen LogP contribution in [0.3, 0.4) is 0 Å². The van der Waals surface area contributed by atoms with Crippen molar-refractivity contribution in [1.29, 1.82) is 0 Å². The number of aromatic nitrogens is 5. The summed E-state index contributed by atoms with van der Waals surface area (Å²) in [5, 5.41) is 7.95. The third kappa shape index (κ3) is 2.56. The number of amides is 1. The standard InChI is InChI=1S/C16H11BrN6O/c17-11-5-1-3-7-14(11)22-9-13(19-21-22)16(24)20-23-10-18-12-6-2-4-8-15(12)23/h1-10H,(H,20,24). The van der Waals surface area contributed by atoms with E-state index in [1.807, 2.05) is 48.5 Å². The maximum absolute atomic E-state index is 12.4. The molecule has 2 heterocycles. The maximum atomic E-state index is 12.4. The Morgan fingerprint density at radius 3 is 2.75 bits per heavy atom. The molecule has 8 heteroatoms. The van der Waals surface area contributed by atoms with Gasteiger partial charge in [-0.25, -0.2) is 14.3 Å². The molecule has 0 saturated carbocycles. The van der Waals surface area contributed by atoms with Crippen LogP contribution in [-0.4, -0.2) is 30.6 Å². The molecule has 0 unspecified atom stereocenters. The Morgan fingerprint density at radius 2 is 1.88 bits per heavy atom. The zero-order chi connectivity index (χ0) is 16.5. The number of hydrogen-bond acceptors (Lipinski definition) is 4. The summed E-state index contributed by atoms with van der Waals surface area (Å²) in [5.74, 6) is -0.364. The second-order valence-corrected chi connectivity index (χ2v) is 5.90. The number of nitrogens with one attached hydrogen (secondary N) is 1. The highest BCUT2D eigenvalue weighted by Crippen LogP contribution is 2.19. The van der Waals surface area contributed by atoms with Crippen LogP contribution in [0.2, 0.25) is 0 Å². The number of rotatable bonds is 3. The second kappa shape index (κ2) is 5.89. The number of carbonyl (C=O) groups excluding carboxylic acids is 1. The molecule has 0 radical (unpaired) electrons. The van der Waals surface area contributed by atoms with Gasteiger partial charge in [0.05, 0.1) is 22.9 Å². The van der Waals surface area contributed by atoms with Crippen molar-refractivity contribution in [3.05, 3.63) is 71.2 Å². The molecule has 0 spiro atoms. The van der Waals surface area contributed by atoms with Crippen molar-refractivity contribution in [2.24, 2.45) is 0 Å². The maximum Gasteiger partial charge on any atom is 0.292 e. The van der Waals surface area contributed by atoms with E-state index in [0.29, 0.717) is 0 Å². The minimum Gasteiger partial charge on any atom is -0.265 e. The molecule has 1 N–H and O–H groups in total. The lowest BCUT2D eigenvalue weighted by molar-refractivity contribution is 0.100. The summed E-state index contributed by atoms with van der Waals surface area (Å²) in [7, 11) is 0. The predicted molar refractivity (Wildman–Crippen MR) is 92.5 cm³/mol. The molecule has 4 rings (SSSR count). The average molecular weight is 383 g/mol. The number of halogens is 1. The molecular weight excluding hydrogens is 372 g/mol. The highest BCUT2D eigenvalue weighted by molar-refractivity contribution is 9.10. The second-order valence-electron chi connectivity index (χ2n) is 5.04. The van der Waals surface area contributed by atoms with Crippen molar-refractivity contribution in [2.75, 3.05) is 5.43 Å². The molecule has 2 aromatic carbocycles. The first-order valence-corrected chi connectivity index (χ1v) is 7.92. The van der Waals surface area contributed by atoms with Gasteiger partial charge in [-0.15, -0.1) is 5.10 Å². The number of benzene rings is 2. The van der Waals surface area contributed by atoms with Crippen LogP contribution < -0.4 is 5.43 Å². The molecule has 4 aromatic rings. The first kappa shape index (κ1) is 14.6. The van der Waals surface area contributed by atoms with E-state index in [1.165, 1.54) is 0 Å². The van der Waals surface area contributed by atoms with Crippen molar-refractivity contribution in [3.63, 3.8) is 0 Å². The zero-order valence-electron chi connectivity index (χ0n) is 12.3. The fourth-order valence-corrected chi connectivity index (χ4v) is 2.80. The minimum absolute atomic E-state index is 0.212. The van der Waals surface area contributed by atoms with Gasteiger partial charge in [-0.05, 0) is 40.2 Å². The molecular formula is C16H11BrN6O. The molecule has 0 atom stereocenters. The summed E-state index contributed by atoms with van der Waals surface area (Å²) < 4.78 is 3.97. The number of fused-ring (bicyclic) bond motifs is 1. The molecule has 1 amide bonds. The average Bonchev–Trinajstić information content (AvgIpc) is 3.23. The Bertz CT molecular complexity index is 1040. The molecule has 0 fully saturated rings. The van der Waals surface area contributed by atoms with Crippen LogP contribution in [0.25, 0.3) is 16.7 Å². The van der Waals surface area contributed by atoms with E-state index >= 15 is 0 Å². The van der Waals surface area contributed by atoms with Gasteiger partial charge in [0.25, 0.3) is 5.91 Å². The Balaban J connectivity index is 1.61. The molecule has 24 heavy (non-hydrogen) atoms. The smallest absolute Gasteiger partial charge is 0.265 e. The number of para-hydroxylation sites is 3. The SMILES string of the molecule is O=C(Nn1cnc2ccccc21)c1cn(-c2ccccc2Br)nn1. The molecule has 0 bridgehead atoms. The largest absolute Gasteiger partial charge is 0.292 e. The first-order valence-electron chi connectivity index (χ1n) is 7.13. The number of hydrogen-bond donors (Lipinski definition) is 1. The van der Waals surface area contributed by atoms with E-state index in [1.54, 1.807) is 21.9 Å². The van der Waals surface area contributed by atoms with Crippen LogP contribution in [0.15, 0.2) is 65.5 Å². The van der Waals surface area contributed by atoms with Crippen molar-refractivity contribution in [1.82, 2.24) is 24.7 Å². The highest BCUT2D eigenvalue weighted by Gasteiger charge is 2.14. The van der Waals surface area contributed by atoms with Crippen molar-refractivity contribution in [3.8, 4) is 5.69 Å². The summed E-state index contributed by atoms with van der Waals surface area (Å²) in [5.41, 5.74) is 5.37. The van der Waals surface area contributed by atoms with Gasteiger partial charge in [0.15, 0.2) is 5.69 Å². The van der Waals surface area contributed by atoms with Crippen molar-refractivity contribution < 1.29 is 4.79 Å². The first-order chi connectivity index (χ1) is 11.7. The van der Waals surface area contributed by atoms with Gasteiger partial charge in [0, 0.05) is 4.47 Å². The van der Waals surface area contributed by atoms with Crippen LogP contribution in [0.4, 0.5) is 0 Å². The third-order valence-electron chi connectivity index (χ3n) is 3.50. The van der Waals surface area contributed by atoms with Crippen LogP contribution in [0, 0.1) is 0 Å². The lowest BCUT2D eigenvalue weighted by atomic mass is 10.3. The van der Waals surface area contributed by atoms with Crippen LogP contribution in [0.1, 0.15) is 10.5 Å². The van der Waals surface area contributed by atoms with E-state index in [9.17, 15) is 4.79 Å². The monoisotopic (exact) mass is 382 g/mol. The minimum atomic E-state index is -0.364. The van der Waals surface area contributed by atoms with Gasteiger partial charge in [-0.2, -0.15) is 0 Å². The lowest BCUT2D eigenvalue weighted by Crippen LogP contribution is -2.22. The lowest BCUT2D eigenvalue weighted by Gasteiger charge is -2.04. The fraction of sp³-hybridized carbons (Fsp3) is 0. The molecule has 0 aliphatic heterocycles. The van der Waals surface area contributed by atoms with Gasteiger partial charge in [0.1, 0.15) is 6.33 Å². The van der Waals surface area contributed by atoms with Crippen molar-refractivity contribution >= 4 is 32.9 Å². The van der Waals surface area contributed by atoms with Gasteiger partial charge < -0.3 is 0 Å². The summed E-state index contributed by atoms with van der Waals surface area (Å²) in [6.45, 7) is 0. The predicted octanol–water partition coefficient (Wildman–Crippen LogP) is 2.76. The highest BCUT2D eigenvalue weighted by atomic mass is 79.9. The van der Waals surface area contributed by atoms with Gasteiger partial charge in [0.2, 0.25) is 0 Å². The number of imidazole rings is 1. The topological polar surface area (TPSA) is 77.6 Å². The van der Waals surface area contributed by atoms with E-state index < -0.39 is 0 Å². The molecule has 0 aliphatic rings. The number of carbonyl (C=O) groups is 1. The zero-order valence-corrected chi connectivity index (χ0v) is 13.9. The van der Waals surface area contributed by atoms with Gasteiger partial charge in [-0.1, -0.05) is 29.5 Å². The van der Waals surface area contributed by atoms with E-state index in [0.717, 1.165) is 21.2 Å². The summed E-state index contributed by atoms with van der Waals surface area (Å²) in [4.78, 5) is 16.6. The summed E-state index contributed by atoms with van der Waals surface area (Å²) >= 11 is 3.45. The third-order valence-corrected chi connectivity index (χ3v) is 4.17. The Hall–Kier alpha value is -3.00.